The molecule has 1 aliphatic rings. The summed E-state index contributed by atoms with van der Waals surface area (Å²) in [5, 5.41) is 3.00. The summed E-state index contributed by atoms with van der Waals surface area (Å²) < 4.78 is 4.95. The maximum absolute atomic E-state index is 12.8. The Hall–Kier alpha value is -1.92. The number of hydrogen-bond acceptors (Lipinski definition) is 5. The van der Waals surface area contributed by atoms with E-state index >= 15 is 0 Å². The van der Waals surface area contributed by atoms with Crippen LogP contribution >= 0.6 is 22.9 Å². The second-order valence-corrected chi connectivity index (χ2v) is 6.90. The molecule has 1 saturated carbocycles. The smallest absolute Gasteiger partial charge is 0.357 e. The van der Waals surface area contributed by atoms with Gasteiger partial charge in [-0.25, -0.2) is 9.78 Å². The maximum atomic E-state index is 12.8. The summed E-state index contributed by atoms with van der Waals surface area (Å²) in [6, 6.07) is 7.12. The third kappa shape index (κ3) is 3.94. The average molecular weight is 365 g/mol. The molecular formula is C17H17ClN2O3S. The molecule has 0 bridgehead atoms. The number of benzene rings is 1. The van der Waals surface area contributed by atoms with Crippen molar-refractivity contribution in [1.29, 1.82) is 0 Å². The number of carbonyl (C=O) groups excluding carboxylic acids is 2. The van der Waals surface area contributed by atoms with E-state index in [9.17, 15) is 9.59 Å². The van der Waals surface area contributed by atoms with E-state index in [1.54, 1.807) is 36.6 Å². The lowest BCUT2D eigenvalue weighted by molar-refractivity contribution is 0.0520. The van der Waals surface area contributed by atoms with Crippen LogP contribution in [-0.4, -0.2) is 34.4 Å². The van der Waals surface area contributed by atoms with Gasteiger partial charge in [0.2, 0.25) is 0 Å². The quantitative estimate of drug-likeness (QED) is 0.732. The van der Waals surface area contributed by atoms with Gasteiger partial charge in [-0.1, -0.05) is 11.6 Å². The van der Waals surface area contributed by atoms with Gasteiger partial charge in [0.05, 0.1) is 13.2 Å². The summed E-state index contributed by atoms with van der Waals surface area (Å²) in [5.74, 6) is -0.468. The molecule has 1 aromatic carbocycles. The molecule has 126 valence electrons. The van der Waals surface area contributed by atoms with Gasteiger partial charge < -0.3 is 9.64 Å². The van der Waals surface area contributed by atoms with E-state index in [-0.39, 0.29) is 11.9 Å². The van der Waals surface area contributed by atoms with E-state index in [0.29, 0.717) is 29.4 Å². The van der Waals surface area contributed by atoms with Crippen molar-refractivity contribution in [3.05, 3.63) is 50.9 Å². The van der Waals surface area contributed by atoms with E-state index in [2.05, 4.69) is 4.98 Å². The molecule has 0 saturated heterocycles. The van der Waals surface area contributed by atoms with Crippen molar-refractivity contribution in [1.82, 2.24) is 9.88 Å². The summed E-state index contributed by atoms with van der Waals surface area (Å²) >= 11 is 7.25. The Morgan fingerprint density at radius 3 is 2.67 bits per heavy atom. The van der Waals surface area contributed by atoms with E-state index < -0.39 is 5.97 Å². The van der Waals surface area contributed by atoms with Crippen LogP contribution in [0.15, 0.2) is 29.6 Å². The van der Waals surface area contributed by atoms with Crippen molar-refractivity contribution in [2.75, 3.05) is 6.61 Å². The topological polar surface area (TPSA) is 59.5 Å². The summed E-state index contributed by atoms with van der Waals surface area (Å²) in [5.41, 5.74) is 0.903. The number of hydrogen-bond donors (Lipinski definition) is 0. The Morgan fingerprint density at radius 1 is 1.33 bits per heavy atom. The second-order valence-electron chi connectivity index (χ2n) is 5.52. The molecule has 24 heavy (non-hydrogen) atoms. The molecule has 0 atom stereocenters. The molecule has 5 nitrogen and oxygen atoms in total. The van der Waals surface area contributed by atoms with Crippen LogP contribution in [0.3, 0.4) is 0 Å². The number of rotatable bonds is 6. The minimum Gasteiger partial charge on any atom is -0.461 e. The largest absolute Gasteiger partial charge is 0.461 e. The molecule has 0 radical (unpaired) electrons. The van der Waals surface area contributed by atoms with Crippen molar-refractivity contribution in [2.45, 2.75) is 32.4 Å². The molecule has 7 heteroatoms. The molecule has 1 aliphatic carbocycles. The minimum absolute atomic E-state index is 0.0398. The summed E-state index contributed by atoms with van der Waals surface area (Å²) in [4.78, 5) is 30.6. The summed E-state index contributed by atoms with van der Waals surface area (Å²) in [6.45, 7) is 2.47. The highest BCUT2D eigenvalue weighted by atomic mass is 35.5. The first-order chi connectivity index (χ1) is 11.6. The highest BCUT2D eigenvalue weighted by molar-refractivity contribution is 7.09. The number of thiazole rings is 1. The molecule has 1 amide bonds. The predicted molar refractivity (Wildman–Crippen MR) is 92.4 cm³/mol. The van der Waals surface area contributed by atoms with Crippen molar-refractivity contribution < 1.29 is 14.3 Å². The van der Waals surface area contributed by atoms with Crippen LogP contribution in [0.2, 0.25) is 5.02 Å². The summed E-state index contributed by atoms with van der Waals surface area (Å²) in [6.07, 6.45) is 1.99. The van der Waals surface area contributed by atoms with Gasteiger partial charge in [0.25, 0.3) is 5.91 Å². The number of amides is 1. The van der Waals surface area contributed by atoms with Crippen molar-refractivity contribution >= 4 is 34.8 Å². The van der Waals surface area contributed by atoms with Gasteiger partial charge in [0.1, 0.15) is 5.01 Å². The van der Waals surface area contributed by atoms with E-state index in [4.69, 9.17) is 16.3 Å². The van der Waals surface area contributed by atoms with Gasteiger partial charge in [-0.15, -0.1) is 11.3 Å². The van der Waals surface area contributed by atoms with Crippen LogP contribution in [0.4, 0.5) is 0 Å². The lowest BCUT2D eigenvalue weighted by atomic mass is 10.2. The maximum Gasteiger partial charge on any atom is 0.357 e. The lowest BCUT2D eigenvalue weighted by Gasteiger charge is -2.21. The molecule has 3 rings (SSSR count). The molecule has 1 heterocycles. The highest BCUT2D eigenvalue weighted by Crippen LogP contribution is 2.30. The Labute approximate surface area is 149 Å². The molecular weight excluding hydrogens is 348 g/mol. The zero-order valence-corrected chi connectivity index (χ0v) is 14.8. The fourth-order valence-corrected chi connectivity index (χ4v) is 3.23. The van der Waals surface area contributed by atoms with E-state index in [1.165, 1.54) is 11.3 Å². The molecule has 0 N–H and O–H groups in total. The minimum atomic E-state index is -0.429. The zero-order chi connectivity index (χ0) is 17.1. The Bertz CT molecular complexity index is 741. The molecule has 1 fully saturated rings. The fourth-order valence-electron chi connectivity index (χ4n) is 2.34. The number of halogens is 1. The van der Waals surface area contributed by atoms with Crippen LogP contribution in [0.25, 0.3) is 0 Å². The van der Waals surface area contributed by atoms with Crippen molar-refractivity contribution in [2.24, 2.45) is 0 Å². The predicted octanol–water partition coefficient (Wildman–Crippen LogP) is 3.78. The number of esters is 1. The van der Waals surface area contributed by atoms with Gasteiger partial charge in [0, 0.05) is 22.0 Å². The monoisotopic (exact) mass is 364 g/mol. The SMILES string of the molecule is CCOC(=O)c1csc(CN(C(=O)c2ccc(Cl)cc2)C2CC2)n1. The fraction of sp³-hybridized carbons (Fsp3) is 0.353. The van der Waals surface area contributed by atoms with Gasteiger partial charge in [-0.2, -0.15) is 0 Å². The van der Waals surface area contributed by atoms with Gasteiger partial charge in [0.15, 0.2) is 5.69 Å². The molecule has 0 aliphatic heterocycles. The number of ether oxygens (including phenoxy) is 1. The zero-order valence-electron chi connectivity index (χ0n) is 13.2. The Morgan fingerprint density at radius 2 is 2.04 bits per heavy atom. The molecule has 2 aromatic rings. The molecule has 0 spiro atoms. The van der Waals surface area contributed by atoms with Gasteiger partial charge >= 0.3 is 5.97 Å². The number of carbonyl (C=O) groups is 2. The van der Waals surface area contributed by atoms with Crippen LogP contribution < -0.4 is 0 Å². The first-order valence-corrected chi connectivity index (χ1v) is 9.02. The standard InChI is InChI=1S/C17H17ClN2O3S/c1-2-23-17(22)14-10-24-15(19-14)9-20(13-7-8-13)16(21)11-3-5-12(18)6-4-11/h3-6,10,13H,2,7-9H2,1H3. The molecule has 0 unspecified atom stereocenters. The third-order valence-electron chi connectivity index (χ3n) is 3.68. The highest BCUT2D eigenvalue weighted by Gasteiger charge is 2.33. The Kier molecular flexibility index (Phi) is 5.16. The Balaban J connectivity index is 1.74. The first kappa shape index (κ1) is 16.9. The van der Waals surface area contributed by atoms with E-state index in [0.717, 1.165) is 17.8 Å². The van der Waals surface area contributed by atoms with Crippen molar-refractivity contribution in [3.8, 4) is 0 Å². The first-order valence-electron chi connectivity index (χ1n) is 7.76. The third-order valence-corrected chi connectivity index (χ3v) is 4.77. The van der Waals surface area contributed by atoms with Crippen LogP contribution in [0, 0.1) is 0 Å². The lowest BCUT2D eigenvalue weighted by Crippen LogP contribution is -2.32. The van der Waals surface area contributed by atoms with Gasteiger partial charge in [-0.3, -0.25) is 4.79 Å². The molecule has 1 aromatic heterocycles. The van der Waals surface area contributed by atoms with Gasteiger partial charge in [-0.05, 0) is 44.0 Å². The van der Waals surface area contributed by atoms with Crippen LogP contribution in [-0.2, 0) is 11.3 Å². The summed E-state index contributed by atoms with van der Waals surface area (Å²) in [7, 11) is 0. The van der Waals surface area contributed by atoms with Crippen LogP contribution in [0.1, 0.15) is 45.6 Å². The number of aromatic nitrogens is 1. The number of nitrogens with zero attached hydrogens (tertiary/aromatic N) is 2. The normalized spacial score (nSPS) is 13.6. The van der Waals surface area contributed by atoms with E-state index in [1.807, 2.05) is 4.90 Å². The second kappa shape index (κ2) is 7.32. The van der Waals surface area contributed by atoms with Crippen molar-refractivity contribution in [3.63, 3.8) is 0 Å². The van der Waals surface area contributed by atoms with Crippen LogP contribution in [0.5, 0.6) is 0 Å². The average Bonchev–Trinajstić information content (AvgIpc) is 3.31.